The zero-order chi connectivity index (χ0) is 30.8. The Kier molecular flexibility index (Phi) is 9.97. The van der Waals surface area contributed by atoms with Crippen molar-refractivity contribution in [3.8, 4) is 0 Å². The van der Waals surface area contributed by atoms with Crippen LogP contribution in [-0.4, -0.2) is 40.3 Å². The van der Waals surface area contributed by atoms with Crippen molar-refractivity contribution in [3.63, 3.8) is 0 Å². The van der Waals surface area contributed by atoms with E-state index in [9.17, 15) is 4.79 Å². The molecule has 0 radical (unpaired) electrons. The summed E-state index contributed by atoms with van der Waals surface area (Å²) in [6, 6.07) is 25.0. The van der Waals surface area contributed by atoms with Gasteiger partial charge in [0, 0.05) is 31.5 Å². The molecule has 1 atom stereocenters. The third-order valence-electron chi connectivity index (χ3n) is 8.78. The molecular weight excluding hydrogens is 556 g/mol. The monoisotopic (exact) mass is 598 g/mol. The summed E-state index contributed by atoms with van der Waals surface area (Å²) in [6.07, 6.45) is 13.9. The lowest BCUT2D eigenvalue weighted by Crippen LogP contribution is -2.40. The van der Waals surface area contributed by atoms with Crippen molar-refractivity contribution < 1.29 is 4.79 Å². The van der Waals surface area contributed by atoms with Gasteiger partial charge in [-0.2, -0.15) is 0 Å². The molecule has 230 valence electrons. The summed E-state index contributed by atoms with van der Waals surface area (Å²) in [7, 11) is 0. The zero-order valence-corrected chi connectivity index (χ0v) is 25.8. The lowest BCUT2D eigenvalue weighted by molar-refractivity contribution is -0.126. The molecule has 1 aromatic heterocycles. The van der Waals surface area contributed by atoms with Crippen LogP contribution in [0.5, 0.6) is 0 Å². The molecule has 2 aliphatic heterocycles. The van der Waals surface area contributed by atoms with Crippen LogP contribution in [-0.2, 0) is 24.2 Å². The lowest BCUT2D eigenvalue weighted by atomic mass is 9.95. The standard InChI is InChI=1S/C38H42N6O/c1-28-11-4-3-9-22-40-26-33(28)25-35(41-38(45)31-20-23-39-24-21-31)37-43-42-36(19-18-29-12-5-2-6-13-29)44(37)27-32-16-10-15-30-14-7-8-17-34(30)32/h2-17,26,31,35,39-40H,1,18-25,27H2,(H,41,45)/b9-3-,11-4-,33-26-/t35-/m1/s1. The van der Waals surface area contributed by atoms with E-state index < -0.39 is 0 Å². The van der Waals surface area contributed by atoms with E-state index in [4.69, 9.17) is 10.2 Å². The predicted molar refractivity (Wildman–Crippen MR) is 182 cm³/mol. The number of nitrogens with one attached hydrogen (secondary N) is 3. The fourth-order valence-corrected chi connectivity index (χ4v) is 6.22. The zero-order valence-electron chi connectivity index (χ0n) is 25.8. The number of hydrogen-bond donors (Lipinski definition) is 3. The molecule has 45 heavy (non-hydrogen) atoms. The van der Waals surface area contributed by atoms with E-state index in [0.717, 1.165) is 61.6 Å². The summed E-state index contributed by atoms with van der Waals surface area (Å²) >= 11 is 0. The molecule has 6 rings (SSSR count). The van der Waals surface area contributed by atoms with Gasteiger partial charge in [-0.05, 0) is 65.4 Å². The predicted octanol–water partition coefficient (Wildman–Crippen LogP) is 5.97. The third-order valence-corrected chi connectivity index (χ3v) is 8.78. The molecule has 0 aliphatic carbocycles. The largest absolute Gasteiger partial charge is 0.387 e. The number of rotatable bonds is 10. The van der Waals surface area contributed by atoms with Crippen molar-refractivity contribution in [1.82, 2.24) is 30.7 Å². The summed E-state index contributed by atoms with van der Waals surface area (Å²) in [4.78, 5) is 13.8. The number of piperidine rings is 1. The number of aromatic nitrogens is 3. The Morgan fingerprint density at radius 2 is 1.76 bits per heavy atom. The second-order valence-corrected chi connectivity index (χ2v) is 11.9. The number of carbonyl (C=O) groups is 1. The van der Waals surface area contributed by atoms with Crippen LogP contribution in [0.15, 0.2) is 121 Å². The molecule has 0 bridgehead atoms. The van der Waals surface area contributed by atoms with Gasteiger partial charge in [-0.15, -0.1) is 10.2 Å². The minimum absolute atomic E-state index is 0.0272. The molecule has 1 amide bonds. The number of fused-ring (bicyclic) bond motifs is 1. The van der Waals surface area contributed by atoms with E-state index in [2.05, 4.69) is 99.9 Å². The summed E-state index contributed by atoms with van der Waals surface area (Å²) in [5.41, 5.74) is 4.38. The highest BCUT2D eigenvalue weighted by molar-refractivity contribution is 5.85. The Morgan fingerprint density at radius 1 is 0.956 bits per heavy atom. The topological polar surface area (TPSA) is 83.9 Å². The van der Waals surface area contributed by atoms with Gasteiger partial charge in [0.15, 0.2) is 5.82 Å². The number of carbonyl (C=O) groups excluding carboxylic acids is 1. The number of amides is 1. The fourth-order valence-electron chi connectivity index (χ4n) is 6.22. The average Bonchev–Trinajstić information content (AvgIpc) is 3.52. The van der Waals surface area contributed by atoms with E-state index in [-0.39, 0.29) is 17.9 Å². The molecule has 2 aliphatic rings. The van der Waals surface area contributed by atoms with Gasteiger partial charge in [0.05, 0.1) is 12.6 Å². The van der Waals surface area contributed by atoms with Gasteiger partial charge in [0.25, 0.3) is 0 Å². The molecule has 7 nitrogen and oxygen atoms in total. The Labute approximate surface area is 265 Å². The first kappa shape index (κ1) is 30.3. The second-order valence-electron chi connectivity index (χ2n) is 11.9. The third kappa shape index (κ3) is 7.67. The number of allylic oxidation sites excluding steroid dienone is 4. The van der Waals surface area contributed by atoms with Crippen LogP contribution in [0.3, 0.4) is 0 Å². The van der Waals surface area contributed by atoms with Crippen LogP contribution < -0.4 is 16.0 Å². The average molecular weight is 599 g/mol. The Balaban J connectivity index is 1.39. The number of hydrogen-bond acceptors (Lipinski definition) is 5. The van der Waals surface area contributed by atoms with Crippen molar-refractivity contribution >= 4 is 16.7 Å². The maximum Gasteiger partial charge on any atom is 0.223 e. The highest BCUT2D eigenvalue weighted by Gasteiger charge is 2.29. The van der Waals surface area contributed by atoms with Crippen LogP contribution >= 0.6 is 0 Å². The highest BCUT2D eigenvalue weighted by Crippen LogP contribution is 2.29. The summed E-state index contributed by atoms with van der Waals surface area (Å²) < 4.78 is 2.24. The first-order valence-electron chi connectivity index (χ1n) is 16.0. The smallest absolute Gasteiger partial charge is 0.223 e. The van der Waals surface area contributed by atoms with Crippen LogP contribution in [0.1, 0.15) is 48.1 Å². The maximum atomic E-state index is 13.8. The number of aryl methyl sites for hydroxylation is 2. The second kappa shape index (κ2) is 14.8. The minimum atomic E-state index is -0.382. The van der Waals surface area contributed by atoms with Gasteiger partial charge in [0.2, 0.25) is 5.91 Å². The Hall–Kier alpha value is -4.75. The summed E-state index contributed by atoms with van der Waals surface area (Å²) in [6.45, 7) is 7.39. The molecule has 0 unspecified atom stereocenters. The fraction of sp³-hybridized carbons (Fsp3) is 0.289. The quantitative estimate of drug-likeness (QED) is 0.210. The molecule has 3 heterocycles. The van der Waals surface area contributed by atoms with Gasteiger partial charge in [-0.1, -0.05) is 104 Å². The van der Waals surface area contributed by atoms with Gasteiger partial charge in [-0.25, -0.2) is 0 Å². The first-order valence-corrected chi connectivity index (χ1v) is 16.0. The SMILES string of the molecule is C=C1/C=C\C=C/CN/C=C\1C[C@@H](NC(=O)C1CCNCC1)c1nnc(CCc2ccccc2)n1Cc1cccc2ccccc12. The van der Waals surface area contributed by atoms with E-state index in [1.165, 1.54) is 21.9 Å². The van der Waals surface area contributed by atoms with Crippen LogP contribution in [0.25, 0.3) is 10.8 Å². The number of nitrogens with zero attached hydrogens (tertiary/aromatic N) is 3. The van der Waals surface area contributed by atoms with Crippen molar-refractivity contribution in [1.29, 1.82) is 0 Å². The van der Waals surface area contributed by atoms with Gasteiger partial charge in [0.1, 0.15) is 5.82 Å². The Bertz CT molecular complexity index is 1710. The summed E-state index contributed by atoms with van der Waals surface area (Å²) in [5, 5.41) is 22.2. The van der Waals surface area contributed by atoms with Crippen LogP contribution in [0.2, 0.25) is 0 Å². The molecule has 0 saturated carbocycles. The van der Waals surface area contributed by atoms with Gasteiger partial charge in [-0.3, -0.25) is 4.79 Å². The van der Waals surface area contributed by atoms with Crippen LogP contribution in [0, 0.1) is 5.92 Å². The van der Waals surface area contributed by atoms with E-state index in [1.54, 1.807) is 0 Å². The van der Waals surface area contributed by atoms with Crippen molar-refractivity contribution in [2.75, 3.05) is 19.6 Å². The van der Waals surface area contributed by atoms with E-state index >= 15 is 0 Å². The van der Waals surface area contributed by atoms with E-state index in [0.29, 0.717) is 19.5 Å². The molecule has 0 spiro atoms. The lowest BCUT2D eigenvalue weighted by Gasteiger charge is -2.26. The molecule has 3 aromatic carbocycles. The molecule has 1 fully saturated rings. The van der Waals surface area contributed by atoms with Crippen molar-refractivity contribution in [2.24, 2.45) is 5.92 Å². The summed E-state index contributed by atoms with van der Waals surface area (Å²) in [5.74, 6) is 1.73. The molecular formula is C38H42N6O. The molecule has 1 saturated heterocycles. The molecule has 3 N–H and O–H groups in total. The highest BCUT2D eigenvalue weighted by atomic mass is 16.2. The van der Waals surface area contributed by atoms with Crippen molar-refractivity contribution in [3.05, 3.63) is 144 Å². The van der Waals surface area contributed by atoms with E-state index in [1.807, 2.05) is 30.5 Å². The van der Waals surface area contributed by atoms with Crippen LogP contribution in [0.4, 0.5) is 0 Å². The van der Waals surface area contributed by atoms with Crippen molar-refractivity contribution in [2.45, 2.75) is 44.7 Å². The normalized spacial score (nSPS) is 18.9. The molecule has 4 aromatic rings. The Morgan fingerprint density at radius 3 is 2.62 bits per heavy atom. The van der Waals surface area contributed by atoms with Gasteiger partial charge >= 0.3 is 0 Å². The van der Waals surface area contributed by atoms with Gasteiger partial charge < -0.3 is 20.5 Å². The number of benzene rings is 3. The molecule has 7 heteroatoms. The minimum Gasteiger partial charge on any atom is -0.387 e. The first-order chi connectivity index (χ1) is 22.2. The maximum absolute atomic E-state index is 13.8.